The van der Waals surface area contributed by atoms with E-state index in [0.717, 1.165) is 0 Å². The lowest BCUT2D eigenvalue weighted by Crippen LogP contribution is -2.44. The van der Waals surface area contributed by atoms with Gasteiger partial charge in [0.1, 0.15) is 12.2 Å². The standard InChI is InChI=1S/C14H12F3N3O5/c15-14(16,17)7-18-13(23)19-11(21)6-24-12(22)5-9-8-3-1-2-4-10(8)25-20-9/h1-4H,5-7H2,(H2,18,19,21,23). The van der Waals surface area contributed by atoms with Gasteiger partial charge in [-0.25, -0.2) is 4.79 Å². The Balaban J connectivity index is 1.76. The van der Waals surface area contributed by atoms with E-state index in [2.05, 4.69) is 9.89 Å². The van der Waals surface area contributed by atoms with Crippen molar-refractivity contribution < 1.29 is 36.8 Å². The van der Waals surface area contributed by atoms with Crippen LogP contribution in [0.1, 0.15) is 5.69 Å². The van der Waals surface area contributed by atoms with Crippen molar-refractivity contribution in [2.45, 2.75) is 12.6 Å². The maximum absolute atomic E-state index is 11.9. The summed E-state index contributed by atoms with van der Waals surface area (Å²) in [5.41, 5.74) is 0.785. The van der Waals surface area contributed by atoms with Gasteiger partial charge in [0, 0.05) is 5.39 Å². The van der Waals surface area contributed by atoms with Crippen LogP contribution >= 0.6 is 0 Å². The Hall–Kier alpha value is -3.11. The van der Waals surface area contributed by atoms with Gasteiger partial charge in [0.15, 0.2) is 12.2 Å². The highest BCUT2D eigenvalue weighted by Gasteiger charge is 2.28. The number of hydrogen-bond acceptors (Lipinski definition) is 6. The number of carbonyl (C=O) groups is 3. The van der Waals surface area contributed by atoms with Crippen LogP contribution in [0.2, 0.25) is 0 Å². The number of aromatic nitrogens is 1. The molecule has 0 aliphatic carbocycles. The van der Waals surface area contributed by atoms with Crippen molar-refractivity contribution in [2.24, 2.45) is 0 Å². The van der Waals surface area contributed by atoms with Crippen LogP contribution in [0.3, 0.4) is 0 Å². The Morgan fingerprint density at radius 3 is 2.64 bits per heavy atom. The minimum Gasteiger partial charge on any atom is -0.455 e. The number of amides is 3. The number of benzene rings is 1. The van der Waals surface area contributed by atoms with Crippen molar-refractivity contribution in [2.75, 3.05) is 13.2 Å². The predicted octanol–water partition coefficient (Wildman–Crippen LogP) is 1.30. The summed E-state index contributed by atoms with van der Waals surface area (Å²) in [5, 5.41) is 7.35. The van der Waals surface area contributed by atoms with Crippen LogP contribution in [0.15, 0.2) is 28.8 Å². The average Bonchev–Trinajstić information content (AvgIpc) is 2.94. The fourth-order valence-electron chi connectivity index (χ4n) is 1.79. The molecule has 11 heteroatoms. The summed E-state index contributed by atoms with van der Waals surface area (Å²) in [6.45, 7) is -2.42. The van der Waals surface area contributed by atoms with E-state index < -0.39 is 37.2 Å². The third-order valence-electron chi connectivity index (χ3n) is 2.83. The number of hydrogen-bond donors (Lipinski definition) is 2. The third-order valence-corrected chi connectivity index (χ3v) is 2.83. The molecule has 1 aromatic heterocycles. The second kappa shape index (κ2) is 7.64. The van der Waals surface area contributed by atoms with Gasteiger partial charge in [0.05, 0.1) is 6.42 Å². The van der Waals surface area contributed by atoms with E-state index in [4.69, 9.17) is 4.52 Å². The molecule has 0 aliphatic rings. The minimum absolute atomic E-state index is 0.273. The molecule has 25 heavy (non-hydrogen) atoms. The van der Waals surface area contributed by atoms with Crippen LogP contribution < -0.4 is 10.6 Å². The second-order valence-corrected chi connectivity index (χ2v) is 4.81. The summed E-state index contributed by atoms with van der Waals surface area (Å²) < 4.78 is 45.3. The van der Waals surface area contributed by atoms with Crippen LogP contribution in [0, 0.1) is 0 Å². The number of urea groups is 1. The van der Waals surface area contributed by atoms with Gasteiger partial charge in [-0.15, -0.1) is 0 Å². The molecule has 0 radical (unpaired) electrons. The molecule has 1 heterocycles. The first-order valence-corrected chi connectivity index (χ1v) is 6.88. The number of ether oxygens (including phenoxy) is 1. The number of alkyl halides is 3. The number of carbonyl (C=O) groups excluding carboxylic acids is 3. The zero-order valence-corrected chi connectivity index (χ0v) is 12.6. The van der Waals surface area contributed by atoms with Gasteiger partial charge < -0.3 is 14.6 Å². The van der Waals surface area contributed by atoms with E-state index >= 15 is 0 Å². The predicted molar refractivity (Wildman–Crippen MR) is 76.3 cm³/mol. The number of imide groups is 1. The Labute approximate surface area is 138 Å². The van der Waals surface area contributed by atoms with Crippen molar-refractivity contribution in [1.29, 1.82) is 0 Å². The molecular formula is C14H12F3N3O5. The molecule has 0 aliphatic heterocycles. The van der Waals surface area contributed by atoms with Crippen LogP contribution in [0.4, 0.5) is 18.0 Å². The number of nitrogens with one attached hydrogen (secondary N) is 2. The number of esters is 1. The summed E-state index contributed by atoms with van der Waals surface area (Å²) in [7, 11) is 0. The smallest absolute Gasteiger partial charge is 0.405 e. The highest BCUT2D eigenvalue weighted by molar-refractivity contribution is 5.95. The van der Waals surface area contributed by atoms with Gasteiger partial charge in [0.25, 0.3) is 5.91 Å². The topological polar surface area (TPSA) is 111 Å². The van der Waals surface area contributed by atoms with Crippen LogP contribution in [-0.2, 0) is 20.7 Å². The molecule has 134 valence electrons. The summed E-state index contributed by atoms with van der Waals surface area (Å²) in [6.07, 6.45) is -4.88. The molecule has 2 aromatic rings. The number of para-hydroxylation sites is 1. The van der Waals surface area contributed by atoms with Crippen molar-refractivity contribution in [3.8, 4) is 0 Å². The van der Waals surface area contributed by atoms with E-state index in [1.165, 1.54) is 5.32 Å². The fourth-order valence-corrected chi connectivity index (χ4v) is 1.79. The van der Waals surface area contributed by atoms with Crippen molar-refractivity contribution in [3.63, 3.8) is 0 Å². The Morgan fingerprint density at radius 1 is 1.20 bits per heavy atom. The zero-order valence-electron chi connectivity index (χ0n) is 12.6. The first-order chi connectivity index (χ1) is 11.7. The maximum Gasteiger partial charge on any atom is 0.405 e. The van der Waals surface area contributed by atoms with Crippen LogP contribution in [0.5, 0.6) is 0 Å². The molecule has 3 amide bonds. The van der Waals surface area contributed by atoms with E-state index in [1.807, 2.05) is 0 Å². The summed E-state index contributed by atoms with van der Waals surface area (Å²) >= 11 is 0. The van der Waals surface area contributed by atoms with Crippen molar-refractivity contribution in [1.82, 2.24) is 15.8 Å². The Bertz CT molecular complexity index is 787. The number of nitrogens with zero attached hydrogens (tertiary/aromatic N) is 1. The summed E-state index contributed by atoms with van der Waals surface area (Å²) in [6, 6.07) is 5.45. The average molecular weight is 359 g/mol. The van der Waals surface area contributed by atoms with Crippen molar-refractivity contribution >= 4 is 28.9 Å². The largest absolute Gasteiger partial charge is 0.455 e. The Morgan fingerprint density at radius 2 is 1.92 bits per heavy atom. The van der Waals surface area contributed by atoms with E-state index in [-0.39, 0.29) is 6.42 Å². The number of rotatable bonds is 5. The highest BCUT2D eigenvalue weighted by atomic mass is 19.4. The summed E-state index contributed by atoms with van der Waals surface area (Å²) in [4.78, 5) is 34.0. The first-order valence-electron chi connectivity index (χ1n) is 6.88. The first kappa shape index (κ1) is 18.2. The second-order valence-electron chi connectivity index (χ2n) is 4.81. The monoisotopic (exact) mass is 359 g/mol. The molecule has 8 nitrogen and oxygen atoms in total. The highest BCUT2D eigenvalue weighted by Crippen LogP contribution is 2.18. The zero-order chi connectivity index (χ0) is 18.4. The molecule has 2 N–H and O–H groups in total. The van der Waals surface area contributed by atoms with Crippen LogP contribution in [-0.4, -0.2) is 42.4 Å². The van der Waals surface area contributed by atoms with Gasteiger partial charge in [-0.2, -0.15) is 13.2 Å². The molecule has 0 unspecified atom stereocenters. The summed E-state index contributed by atoms with van der Waals surface area (Å²) in [5.74, 6) is -1.89. The van der Waals surface area contributed by atoms with E-state index in [0.29, 0.717) is 16.7 Å². The van der Waals surface area contributed by atoms with Gasteiger partial charge in [-0.3, -0.25) is 14.9 Å². The van der Waals surface area contributed by atoms with Gasteiger partial charge in [-0.05, 0) is 12.1 Å². The number of fused-ring (bicyclic) bond motifs is 1. The lowest BCUT2D eigenvalue weighted by molar-refractivity contribution is -0.147. The molecule has 0 bridgehead atoms. The number of halogens is 3. The quantitative estimate of drug-likeness (QED) is 0.779. The molecule has 0 spiro atoms. The molecule has 1 aromatic carbocycles. The van der Waals surface area contributed by atoms with E-state index in [9.17, 15) is 27.6 Å². The van der Waals surface area contributed by atoms with Crippen LogP contribution in [0.25, 0.3) is 11.0 Å². The third kappa shape index (κ3) is 5.79. The van der Waals surface area contributed by atoms with Gasteiger partial charge in [-0.1, -0.05) is 17.3 Å². The van der Waals surface area contributed by atoms with Gasteiger partial charge in [0.2, 0.25) is 0 Å². The molecule has 0 atom stereocenters. The molecule has 0 saturated carbocycles. The SMILES string of the molecule is O=C(COC(=O)Cc1noc2ccccc12)NC(=O)NCC(F)(F)F. The molecule has 0 saturated heterocycles. The lowest BCUT2D eigenvalue weighted by Gasteiger charge is -2.09. The minimum atomic E-state index is -4.60. The maximum atomic E-state index is 11.9. The molecule has 2 rings (SSSR count). The molecular weight excluding hydrogens is 347 g/mol. The fraction of sp³-hybridized carbons (Fsp3) is 0.286. The Kier molecular flexibility index (Phi) is 5.57. The molecule has 0 fully saturated rings. The van der Waals surface area contributed by atoms with Crippen molar-refractivity contribution in [3.05, 3.63) is 30.0 Å². The van der Waals surface area contributed by atoms with Gasteiger partial charge >= 0.3 is 18.2 Å². The normalized spacial score (nSPS) is 11.2. The lowest BCUT2D eigenvalue weighted by atomic mass is 10.2. The van der Waals surface area contributed by atoms with E-state index in [1.54, 1.807) is 29.6 Å².